The summed E-state index contributed by atoms with van der Waals surface area (Å²) in [5.41, 5.74) is 2.92. The van der Waals surface area contributed by atoms with Gasteiger partial charge in [0.2, 0.25) is 0 Å². The summed E-state index contributed by atoms with van der Waals surface area (Å²) in [6.45, 7) is 5.71. The number of pyridine rings is 1. The van der Waals surface area contributed by atoms with Crippen LogP contribution in [0.25, 0.3) is 11.2 Å². The maximum Gasteiger partial charge on any atom is 0.177 e. The molecule has 6 heteroatoms. The number of H-pyrrole nitrogens is 1. The number of imidazole rings is 1. The summed E-state index contributed by atoms with van der Waals surface area (Å²) < 4.78 is 1.95. The third kappa shape index (κ3) is 2.85. The highest BCUT2D eigenvalue weighted by Crippen LogP contribution is 2.07. The molecule has 3 heterocycles. The van der Waals surface area contributed by atoms with E-state index in [1.807, 2.05) is 36.1 Å². The molecule has 0 aliphatic rings. The molecule has 0 fully saturated rings. The Kier molecular flexibility index (Phi) is 3.47. The van der Waals surface area contributed by atoms with Gasteiger partial charge in [-0.15, -0.1) is 0 Å². The van der Waals surface area contributed by atoms with Gasteiger partial charge < -0.3 is 10.3 Å². The molecule has 3 aromatic heterocycles. The largest absolute Gasteiger partial charge is 0.340 e. The molecule has 3 rings (SSSR count). The van der Waals surface area contributed by atoms with Gasteiger partial charge in [-0.05, 0) is 31.5 Å². The number of aromatic amines is 1. The zero-order chi connectivity index (χ0) is 13.9. The van der Waals surface area contributed by atoms with Crippen molar-refractivity contribution in [1.29, 1.82) is 0 Å². The molecule has 0 saturated heterocycles. The number of fused-ring (bicyclic) bond motifs is 1. The van der Waals surface area contributed by atoms with Crippen molar-refractivity contribution in [2.75, 3.05) is 0 Å². The lowest BCUT2D eigenvalue weighted by Crippen LogP contribution is -2.30. The normalized spacial score (nSPS) is 12.9. The average Bonchev–Trinajstić information content (AvgIpc) is 3.02. The molecule has 0 amide bonds. The van der Waals surface area contributed by atoms with Crippen LogP contribution in [0.2, 0.25) is 0 Å². The molecule has 0 aromatic carbocycles. The van der Waals surface area contributed by atoms with Crippen LogP contribution in [0.5, 0.6) is 0 Å². The molecule has 0 spiro atoms. The molecule has 0 bridgehead atoms. The zero-order valence-corrected chi connectivity index (χ0v) is 11.7. The second kappa shape index (κ2) is 5.42. The van der Waals surface area contributed by atoms with Gasteiger partial charge in [-0.1, -0.05) is 0 Å². The minimum Gasteiger partial charge on any atom is -0.340 e. The van der Waals surface area contributed by atoms with Crippen LogP contribution in [0.1, 0.15) is 18.3 Å². The Bertz CT molecular complexity index is 665. The summed E-state index contributed by atoms with van der Waals surface area (Å²) in [5.74, 6) is 0.905. The monoisotopic (exact) mass is 270 g/mol. The van der Waals surface area contributed by atoms with Gasteiger partial charge in [0.05, 0.1) is 24.8 Å². The van der Waals surface area contributed by atoms with E-state index in [1.54, 1.807) is 6.20 Å². The number of rotatable bonds is 5. The summed E-state index contributed by atoms with van der Waals surface area (Å²) >= 11 is 0. The van der Waals surface area contributed by atoms with Gasteiger partial charge in [-0.3, -0.25) is 4.68 Å². The van der Waals surface area contributed by atoms with Crippen LogP contribution in [0.4, 0.5) is 0 Å². The fourth-order valence-electron chi connectivity index (χ4n) is 2.16. The van der Waals surface area contributed by atoms with Gasteiger partial charge in [0.1, 0.15) is 5.82 Å². The lowest BCUT2D eigenvalue weighted by atomic mass is 10.3. The van der Waals surface area contributed by atoms with Crippen LogP contribution in [0.3, 0.4) is 0 Å². The molecule has 6 nitrogen and oxygen atoms in total. The van der Waals surface area contributed by atoms with E-state index in [0.717, 1.165) is 23.5 Å². The molecule has 104 valence electrons. The van der Waals surface area contributed by atoms with E-state index >= 15 is 0 Å². The number of nitrogens with one attached hydrogen (secondary N) is 2. The van der Waals surface area contributed by atoms with Crippen molar-refractivity contribution in [3.8, 4) is 0 Å². The zero-order valence-electron chi connectivity index (χ0n) is 11.7. The fourth-order valence-corrected chi connectivity index (χ4v) is 2.16. The minimum atomic E-state index is 0.315. The topological polar surface area (TPSA) is 71.4 Å². The first kappa shape index (κ1) is 12.8. The SMILES string of the molecule is Cc1cnn(CC(C)NCc2nc3ncccc3[nH]2)c1. The van der Waals surface area contributed by atoms with Crippen LogP contribution in [-0.4, -0.2) is 30.8 Å². The Balaban J connectivity index is 1.58. The first-order chi connectivity index (χ1) is 9.70. The molecule has 2 N–H and O–H groups in total. The Morgan fingerprint density at radius 2 is 2.35 bits per heavy atom. The first-order valence-electron chi connectivity index (χ1n) is 6.73. The molecular formula is C14H18N6. The Labute approximate surface area is 117 Å². The summed E-state index contributed by atoms with van der Waals surface area (Å²) in [5, 5.41) is 7.72. The van der Waals surface area contributed by atoms with Gasteiger partial charge in [-0.2, -0.15) is 5.10 Å². The third-order valence-electron chi connectivity index (χ3n) is 3.15. The van der Waals surface area contributed by atoms with Crippen LogP contribution >= 0.6 is 0 Å². The summed E-state index contributed by atoms with van der Waals surface area (Å²) in [6.07, 6.45) is 5.67. The molecule has 1 atom stereocenters. The number of hydrogen-bond acceptors (Lipinski definition) is 4. The average molecular weight is 270 g/mol. The molecule has 0 aliphatic carbocycles. The predicted octanol–water partition coefficient (Wildman–Crippen LogP) is 1.64. The van der Waals surface area contributed by atoms with Crippen molar-refractivity contribution in [2.24, 2.45) is 0 Å². The highest BCUT2D eigenvalue weighted by molar-refractivity contribution is 5.69. The molecule has 0 saturated carbocycles. The summed E-state index contributed by atoms with van der Waals surface area (Å²) in [4.78, 5) is 11.9. The molecule has 0 aliphatic heterocycles. The van der Waals surface area contributed by atoms with E-state index in [-0.39, 0.29) is 0 Å². The quantitative estimate of drug-likeness (QED) is 0.739. The van der Waals surface area contributed by atoms with Crippen molar-refractivity contribution in [3.63, 3.8) is 0 Å². The molecular weight excluding hydrogens is 252 g/mol. The molecule has 3 aromatic rings. The van der Waals surface area contributed by atoms with Gasteiger partial charge >= 0.3 is 0 Å². The van der Waals surface area contributed by atoms with Gasteiger partial charge in [0, 0.05) is 18.4 Å². The Morgan fingerprint density at radius 1 is 1.45 bits per heavy atom. The maximum absolute atomic E-state index is 4.44. The van der Waals surface area contributed by atoms with E-state index in [9.17, 15) is 0 Å². The van der Waals surface area contributed by atoms with Crippen molar-refractivity contribution in [3.05, 3.63) is 42.1 Å². The van der Waals surface area contributed by atoms with Gasteiger partial charge in [0.15, 0.2) is 5.65 Å². The van der Waals surface area contributed by atoms with Crippen LogP contribution in [0, 0.1) is 6.92 Å². The van der Waals surface area contributed by atoms with E-state index < -0.39 is 0 Å². The number of nitrogens with zero attached hydrogens (tertiary/aromatic N) is 4. The number of aromatic nitrogens is 5. The van der Waals surface area contributed by atoms with Crippen LogP contribution < -0.4 is 5.32 Å². The second-order valence-corrected chi connectivity index (χ2v) is 5.08. The van der Waals surface area contributed by atoms with Gasteiger partial charge in [-0.25, -0.2) is 9.97 Å². The fraction of sp³-hybridized carbons (Fsp3) is 0.357. The van der Waals surface area contributed by atoms with Crippen molar-refractivity contribution < 1.29 is 0 Å². The molecule has 20 heavy (non-hydrogen) atoms. The minimum absolute atomic E-state index is 0.315. The molecule has 1 unspecified atom stereocenters. The first-order valence-corrected chi connectivity index (χ1v) is 6.73. The van der Waals surface area contributed by atoms with E-state index in [4.69, 9.17) is 0 Å². The van der Waals surface area contributed by atoms with E-state index in [2.05, 4.69) is 32.3 Å². The van der Waals surface area contributed by atoms with Crippen LogP contribution in [-0.2, 0) is 13.1 Å². The predicted molar refractivity (Wildman–Crippen MR) is 77.2 cm³/mol. The maximum atomic E-state index is 4.44. The van der Waals surface area contributed by atoms with Crippen LogP contribution in [0.15, 0.2) is 30.7 Å². The molecule has 0 radical (unpaired) electrons. The van der Waals surface area contributed by atoms with Crippen molar-refractivity contribution in [2.45, 2.75) is 33.0 Å². The number of aryl methyl sites for hydroxylation is 1. The van der Waals surface area contributed by atoms with Crippen molar-refractivity contribution >= 4 is 11.2 Å². The van der Waals surface area contributed by atoms with E-state index in [1.165, 1.54) is 5.56 Å². The van der Waals surface area contributed by atoms with E-state index in [0.29, 0.717) is 12.6 Å². The smallest absolute Gasteiger partial charge is 0.177 e. The highest BCUT2D eigenvalue weighted by Gasteiger charge is 2.06. The Morgan fingerprint density at radius 3 is 3.10 bits per heavy atom. The number of hydrogen-bond donors (Lipinski definition) is 2. The Hall–Kier alpha value is -2.21. The summed E-state index contributed by atoms with van der Waals surface area (Å²) in [7, 11) is 0. The standard InChI is InChI=1S/C14H18N6/c1-10-6-17-20(8-10)9-11(2)16-7-13-18-12-4-3-5-15-14(12)19-13/h3-6,8,11,16H,7,9H2,1-2H3,(H,15,18,19). The summed E-state index contributed by atoms with van der Waals surface area (Å²) in [6, 6.07) is 4.20. The van der Waals surface area contributed by atoms with Crippen molar-refractivity contribution in [1.82, 2.24) is 30.0 Å². The highest BCUT2D eigenvalue weighted by atomic mass is 15.3. The lowest BCUT2D eigenvalue weighted by Gasteiger charge is -2.12. The second-order valence-electron chi connectivity index (χ2n) is 5.08. The van der Waals surface area contributed by atoms with Gasteiger partial charge in [0.25, 0.3) is 0 Å². The lowest BCUT2D eigenvalue weighted by molar-refractivity contribution is 0.446. The third-order valence-corrected chi connectivity index (χ3v) is 3.15.